The molecule has 2 aromatic heterocycles. The smallest absolute Gasteiger partial charge is 0.425 e. The first-order chi connectivity index (χ1) is 12.9. The first kappa shape index (κ1) is 20.6. The van der Waals surface area contributed by atoms with Crippen LogP contribution in [0.2, 0.25) is 0 Å². The minimum Gasteiger partial charge on any atom is -0.443 e. The second-order valence-corrected chi connectivity index (χ2v) is 9.66. The van der Waals surface area contributed by atoms with E-state index in [9.17, 15) is 9.59 Å². The van der Waals surface area contributed by atoms with Crippen LogP contribution in [0.5, 0.6) is 0 Å². The lowest BCUT2D eigenvalue weighted by Gasteiger charge is -2.28. The maximum Gasteiger partial charge on any atom is 0.425 e. The number of aromatic nitrogens is 3. The van der Waals surface area contributed by atoms with Gasteiger partial charge in [0, 0.05) is 16.7 Å². The molecular formula is C19H25BrN4O4. The molecule has 9 heteroatoms. The normalized spacial score (nSPS) is 14.8. The molecule has 1 saturated carbocycles. The number of imide groups is 1. The zero-order valence-corrected chi connectivity index (χ0v) is 18.5. The van der Waals surface area contributed by atoms with Gasteiger partial charge in [-0.1, -0.05) is 0 Å². The van der Waals surface area contributed by atoms with Gasteiger partial charge in [-0.2, -0.15) is 4.90 Å². The molecule has 0 atom stereocenters. The number of hydrogen-bond donors (Lipinski definition) is 0. The van der Waals surface area contributed by atoms with Gasteiger partial charge >= 0.3 is 12.2 Å². The van der Waals surface area contributed by atoms with Gasteiger partial charge in [-0.25, -0.2) is 19.6 Å². The molecule has 1 aliphatic rings. The van der Waals surface area contributed by atoms with Crippen LogP contribution in [0.4, 0.5) is 15.4 Å². The molecule has 0 aliphatic heterocycles. The van der Waals surface area contributed by atoms with E-state index in [1.54, 1.807) is 41.5 Å². The Balaban J connectivity index is 2.12. The highest BCUT2D eigenvalue weighted by molar-refractivity contribution is 9.10. The minimum atomic E-state index is -0.854. The molecule has 2 heterocycles. The molecule has 8 nitrogen and oxygen atoms in total. The van der Waals surface area contributed by atoms with Crippen molar-refractivity contribution in [2.45, 2.75) is 71.6 Å². The molecule has 0 unspecified atom stereocenters. The van der Waals surface area contributed by atoms with Gasteiger partial charge in [0.2, 0.25) is 0 Å². The second-order valence-electron chi connectivity index (χ2n) is 8.81. The lowest BCUT2D eigenvalue weighted by Crippen LogP contribution is -2.44. The van der Waals surface area contributed by atoms with Gasteiger partial charge in [-0.3, -0.25) is 0 Å². The number of fused-ring (bicyclic) bond motifs is 1. The highest BCUT2D eigenvalue weighted by Gasteiger charge is 2.36. The predicted molar refractivity (Wildman–Crippen MR) is 108 cm³/mol. The lowest BCUT2D eigenvalue weighted by molar-refractivity contribution is 0.0429. The van der Waals surface area contributed by atoms with Crippen molar-refractivity contribution < 1.29 is 19.1 Å². The van der Waals surface area contributed by atoms with Crippen LogP contribution in [0.25, 0.3) is 11.0 Å². The molecule has 0 aromatic carbocycles. The van der Waals surface area contributed by atoms with Crippen molar-refractivity contribution in [1.82, 2.24) is 14.5 Å². The number of ether oxygens (including phenoxy) is 2. The number of hydrogen-bond acceptors (Lipinski definition) is 6. The SMILES string of the molecule is CC(C)(C)OC(=O)N(C(=O)OC(C)(C)C)c1ncnc2c1c(Br)cn2C1CC1. The van der Waals surface area contributed by atoms with Crippen LogP contribution in [0, 0.1) is 0 Å². The first-order valence-electron chi connectivity index (χ1n) is 9.14. The number of rotatable bonds is 2. The Morgan fingerprint density at radius 1 is 1.07 bits per heavy atom. The quantitative estimate of drug-likeness (QED) is 0.621. The maximum absolute atomic E-state index is 12.9. The zero-order valence-electron chi connectivity index (χ0n) is 16.9. The van der Waals surface area contributed by atoms with Crippen molar-refractivity contribution in [3.63, 3.8) is 0 Å². The molecule has 152 valence electrons. The van der Waals surface area contributed by atoms with E-state index in [2.05, 4.69) is 25.9 Å². The van der Waals surface area contributed by atoms with Gasteiger partial charge < -0.3 is 14.0 Å². The number of carbonyl (C=O) groups excluding carboxylic acids is 2. The van der Waals surface area contributed by atoms with Gasteiger partial charge in [0.05, 0.1) is 5.39 Å². The summed E-state index contributed by atoms with van der Waals surface area (Å²) in [5.41, 5.74) is -0.932. The molecule has 0 bridgehead atoms. The van der Waals surface area contributed by atoms with Crippen LogP contribution in [0.3, 0.4) is 0 Å². The first-order valence-corrected chi connectivity index (χ1v) is 9.94. The molecule has 28 heavy (non-hydrogen) atoms. The van der Waals surface area contributed by atoms with Crippen LogP contribution in [-0.4, -0.2) is 37.9 Å². The summed E-state index contributed by atoms with van der Waals surface area (Å²) in [5, 5.41) is 0.561. The summed E-state index contributed by atoms with van der Waals surface area (Å²) in [6.45, 7) is 10.4. The van der Waals surface area contributed by atoms with Gasteiger partial charge in [-0.05, 0) is 70.3 Å². The summed E-state index contributed by atoms with van der Waals surface area (Å²) in [5.74, 6) is 0.125. The van der Waals surface area contributed by atoms with Crippen molar-refractivity contribution in [1.29, 1.82) is 0 Å². The van der Waals surface area contributed by atoms with Gasteiger partial charge in [0.25, 0.3) is 0 Å². The fourth-order valence-electron chi connectivity index (χ4n) is 2.69. The standard InChI is InChI=1S/C19H25BrN4O4/c1-18(2,3)27-16(25)24(17(26)28-19(4,5)6)15-13-12(20)9-23(11-7-8-11)14(13)21-10-22-15/h9-11H,7-8H2,1-6H3. The van der Waals surface area contributed by atoms with E-state index < -0.39 is 23.4 Å². The summed E-state index contributed by atoms with van der Waals surface area (Å²) in [6.07, 6.45) is 3.67. The van der Waals surface area contributed by atoms with Crippen LogP contribution >= 0.6 is 15.9 Å². The summed E-state index contributed by atoms with van der Waals surface area (Å²) < 4.78 is 13.6. The Kier molecular flexibility index (Phi) is 5.16. The minimum absolute atomic E-state index is 0.125. The van der Waals surface area contributed by atoms with E-state index in [4.69, 9.17) is 9.47 Å². The fraction of sp³-hybridized carbons (Fsp3) is 0.579. The van der Waals surface area contributed by atoms with Crippen molar-refractivity contribution in [3.8, 4) is 0 Å². The summed E-state index contributed by atoms with van der Waals surface area (Å²) in [7, 11) is 0. The van der Waals surface area contributed by atoms with Gasteiger partial charge in [-0.15, -0.1) is 0 Å². The molecule has 0 N–H and O–H groups in total. The third-order valence-electron chi connectivity index (χ3n) is 3.85. The molecule has 1 aliphatic carbocycles. The summed E-state index contributed by atoms with van der Waals surface area (Å²) in [6, 6.07) is 0.369. The van der Waals surface area contributed by atoms with E-state index in [1.807, 2.05) is 10.8 Å². The van der Waals surface area contributed by atoms with Crippen molar-refractivity contribution in [2.75, 3.05) is 4.90 Å². The van der Waals surface area contributed by atoms with Crippen molar-refractivity contribution in [3.05, 3.63) is 17.0 Å². The largest absolute Gasteiger partial charge is 0.443 e. The van der Waals surface area contributed by atoms with E-state index >= 15 is 0 Å². The Morgan fingerprint density at radius 2 is 1.61 bits per heavy atom. The van der Waals surface area contributed by atoms with Crippen molar-refractivity contribution >= 4 is 45.0 Å². The van der Waals surface area contributed by atoms with Crippen LogP contribution in [0.1, 0.15) is 60.4 Å². The molecule has 1 fully saturated rings. The number of anilines is 1. The average Bonchev–Trinajstić information content (AvgIpc) is 3.28. The third-order valence-corrected chi connectivity index (χ3v) is 4.45. The molecule has 0 saturated heterocycles. The number of carbonyl (C=O) groups is 2. The highest BCUT2D eigenvalue weighted by Crippen LogP contribution is 2.41. The molecule has 2 aromatic rings. The van der Waals surface area contributed by atoms with E-state index in [-0.39, 0.29) is 5.82 Å². The van der Waals surface area contributed by atoms with Crippen LogP contribution < -0.4 is 4.90 Å². The highest BCUT2D eigenvalue weighted by atomic mass is 79.9. The zero-order chi connectivity index (χ0) is 20.9. The van der Waals surface area contributed by atoms with Crippen molar-refractivity contribution in [2.24, 2.45) is 0 Å². The second kappa shape index (κ2) is 7.02. The Bertz CT molecular complexity index is 894. The van der Waals surface area contributed by atoms with Gasteiger partial charge in [0.15, 0.2) is 5.82 Å². The predicted octanol–water partition coefficient (Wildman–Crippen LogP) is 5.21. The lowest BCUT2D eigenvalue weighted by atomic mass is 10.2. The number of nitrogens with zero attached hydrogens (tertiary/aromatic N) is 4. The van der Waals surface area contributed by atoms with E-state index in [0.29, 0.717) is 21.5 Å². The Morgan fingerprint density at radius 3 is 2.07 bits per heavy atom. The molecular weight excluding hydrogens is 428 g/mol. The third kappa shape index (κ3) is 4.45. The summed E-state index contributed by atoms with van der Waals surface area (Å²) in [4.78, 5) is 35.3. The maximum atomic E-state index is 12.9. The molecule has 2 amide bonds. The Hall–Kier alpha value is -2.16. The fourth-order valence-corrected chi connectivity index (χ4v) is 3.26. The summed E-state index contributed by atoms with van der Waals surface area (Å²) >= 11 is 3.52. The number of amides is 2. The van der Waals surface area contributed by atoms with E-state index in [0.717, 1.165) is 17.7 Å². The topological polar surface area (TPSA) is 86.6 Å². The van der Waals surface area contributed by atoms with Gasteiger partial charge in [0.1, 0.15) is 23.2 Å². The molecule has 3 rings (SSSR count). The molecule has 0 spiro atoms. The van der Waals surface area contributed by atoms with Crippen LogP contribution in [-0.2, 0) is 9.47 Å². The number of halogens is 1. The monoisotopic (exact) mass is 452 g/mol. The Labute approximate surface area is 172 Å². The van der Waals surface area contributed by atoms with Crippen LogP contribution in [0.15, 0.2) is 17.0 Å². The average molecular weight is 453 g/mol. The molecule has 0 radical (unpaired) electrons. The van der Waals surface area contributed by atoms with E-state index in [1.165, 1.54) is 6.33 Å².